The Labute approximate surface area is 220 Å². The van der Waals surface area contributed by atoms with E-state index < -0.39 is 66.3 Å². The van der Waals surface area contributed by atoms with E-state index in [2.05, 4.69) is 0 Å². The van der Waals surface area contributed by atoms with Crippen LogP contribution in [0.25, 0.3) is 0 Å². The van der Waals surface area contributed by atoms with Gasteiger partial charge in [-0.3, -0.25) is 4.79 Å². The molecule has 1 rings (SSSR count). The van der Waals surface area contributed by atoms with E-state index in [0.29, 0.717) is 6.42 Å². The van der Waals surface area contributed by atoms with Gasteiger partial charge in [0.05, 0.1) is 0 Å². The van der Waals surface area contributed by atoms with Crippen molar-refractivity contribution >= 4 is 35.8 Å². The number of benzene rings is 1. The third-order valence-corrected chi connectivity index (χ3v) is 4.82. The topological polar surface area (TPSA) is 158 Å². The molecule has 0 bridgehead atoms. The number of carbonyl (C=O) groups is 6. The van der Waals surface area contributed by atoms with Gasteiger partial charge in [-0.1, -0.05) is 37.3 Å². The Balaban J connectivity index is 2.46. The highest BCUT2D eigenvalue weighted by Gasteiger charge is 2.31. The third kappa shape index (κ3) is 11.4. The molecule has 0 unspecified atom stereocenters. The minimum atomic E-state index is -1.47. The van der Waals surface area contributed by atoms with Crippen LogP contribution in [-0.2, 0) is 63.8 Å². The van der Waals surface area contributed by atoms with Crippen molar-refractivity contribution in [3.05, 3.63) is 35.9 Å². The van der Waals surface area contributed by atoms with E-state index in [1.165, 1.54) is 34.6 Å². The Morgan fingerprint density at radius 3 is 1.34 bits per heavy atom. The van der Waals surface area contributed by atoms with Gasteiger partial charge in [-0.15, -0.1) is 0 Å². The summed E-state index contributed by atoms with van der Waals surface area (Å²) in [4.78, 5) is 72.2. The molecule has 0 fully saturated rings. The average Bonchev–Trinajstić information content (AvgIpc) is 2.87. The smallest absolute Gasteiger partial charge is 0.347 e. The Kier molecular flexibility index (Phi) is 13.5. The molecule has 0 saturated carbocycles. The van der Waals surface area contributed by atoms with Crippen molar-refractivity contribution in [3.8, 4) is 0 Å². The first-order valence-electron chi connectivity index (χ1n) is 12.1. The van der Waals surface area contributed by atoms with Crippen molar-refractivity contribution in [2.24, 2.45) is 0 Å². The highest BCUT2D eigenvalue weighted by molar-refractivity contribution is 5.86. The SMILES string of the molecule is CCCC(=O)O[C@@H](C)C(=O)O[C@H](C)C(=O)O[C@H](C)C(=O)O[C@H](C)C(=O)O[C@H](C)C(=O)OCc1ccccc1. The highest BCUT2D eigenvalue weighted by atomic mass is 16.6. The Bertz CT molecular complexity index is 974. The van der Waals surface area contributed by atoms with Crippen LogP contribution < -0.4 is 0 Å². The van der Waals surface area contributed by atoms with Gasteiger partial charge in [0.2, 0.25) is 0 Å². The van der Waals surface area contributed by atoms with Crippen LogP contribution in [0.1, 0.15) is 59.9 Å². The zero-order chi connectivity index (χ0) is 28.8. The molecule has 0 aliphatic rings. The second-order valence-electron chi connectivity index (χ2n) is 8.29. The second kappa shape index (κ2) is 16.0. The highest BCUT2D eigenvalue weighted by Crippen LogP contribution is 2.09. The van der Waals surface area contributed by atoms with Gasteiger partial charge < -0.3 is 28.4 Å². The van der Waals surface area contributed by atoms with Crippen LogP contribution in [0.2, 0.25) is 0 Å². The monoisotopic (exact) mass is 538 g/mol. The minimum absolute atomic E-state index is 0.00830. The van der Waals surface area contributed by atoms with E-state index in [0.717, 1.165) is 5.56 Å². The normalized spacial score (nSPS) is 14.5. The summed E-state index contributed by atoms with van der Waals surface area (Å²) in [6, 6.07) is 8.89. The Morgan fingerprint density at radius 2 is 0.947 bits per heavy atom. The third-order valence-electron chi connectivity index (χ3n) is 4.82. The average molecular weight is 539 g/mol. The molecule has 0 saturated heterocycles. The molecule has 0 aliphatic heterocycles. The molecule has 0 heterocycles. The molecule has 0 N–H and O–H groups in total. The molecule has 0 radical (unpaired) electrons. The van der Waals surface area contributed by atoms with E-state index in [9.17, 15) is 28.8 Å². The lowest BCUT2D eigenvalue weighted by atomic mass is 10.2. The van der Waals surface area contributed by atoms with Gasteiger partial charge in [0.25, 0.3) is 0 Å². The lowest BCUT2D eigenvalue weighted by Gasteiger charge is -2.20. The van der Waals surface area contributed by atoms with Crippen LogP contribution in [0.5, 0.6) is 0 Å². The molecule has 0 aromatic heterocycles. The summed E-state index contributed by atoms with van der Waals surface area (Å²) in [6.45, 7) is 7.95. The summed E-state index contributed by atoms with van der Waals surface area (Å²) in [5.41, 5.74) is 0.749. The van der Waals surface area contributed by atoms with Crippen LogP contribution in [-0.4, -0.2) is 66.3 Å². The minimum Gasteiger partial charge on any atom is -0.458 e. The Morgan fingerprint density at radius 1 is 0.579 bits per heavy atom. The van der Waals surface area contributed by atoms with Gasteiger partial charge >= 0.3 is 35.8 Å². The van der Waals surface area contributed by atoms with Crippen LogP contribution in [0.3, 0.4) is 0 Å². The van der Waals surface area contributed by atoms with E-state index in [4.69, 9.17) is 28.4 Å². The largest absolute Gasteiger partial charge is 0.458 e. The molecule has 1 aromatic rings. The van der Waals surface area contributed by atoms with Crippen molar-refractivity contribution in [1.82, 2.24) is 0 Å². The van der Waals surface area contributed by atoms with Crippen LogP contribution in [0, 0.1) is 0 Å². The van der Waals surface area contributed by atoms with Crippen LogP contribution in [0.4, 0.5) is 0 Å². The quantitative estimate of drug-likeness (QED) is 0.251. The summed E-state index contributed by atoms with van der Waals surface area (Å²) in [7, 11) is 0. The van der Waals surface area contributed by atoms with Gasteiger partial charge in [0.1, 0.15) is 6.61 Å². The first-order chi connectivity index (χ1) is 17.8. The number of carbonyl (C=O) groups excluding carboxylic acids is 6. The summed E-state index contributed by atoms with van der Waals surface area (Å²) in [5, 5.41) is 0. The molecule has 0 spiro atoms. The van der Waals surface area contributed by atoms with Crippen molar-refractivity contribution in [2.75, 3.05) is 0 Å². The molecular formula is C26H34O12. The lowest BCUT2D eigenvalue weighted by molar-refractivity contribution is -0.186. The standard InChI is InChI=1S/C26H34O12/c1-7-11-21(27)34-16(3)23(29)36-18(5)25(31)38-19(6)26(32)37-17(4)24(30)35-15(2)22(28)33-14-20-12-9-8-10-13-20/h8-10,12-13,15-19H,7,11,14H2,1-6H3/t15-,16+,17-,18-,19-/m1/s1. The maximum absolute atomic E-state index is 12.2. The molecule has 38 heavy (non-hydrogen) atoms. The van der Waals surface area contributed by atoms with Gasteiger partial charge in [-0.2, -0.15) is 0 Å². The molecule has 5 atom stereocenters. The fraction of sp³-hybridized carbons (Fsp3) is 0.538. The van der Waals surface area contributed by atoms with Crippen LogP contribution in [0.15, 0.2) is 30.3 Å². The maximum Gasteiger partial charge on any atom is 0.347 e. The van der Waals surface area contributed by atoms with Crippen LogP contribution >= 0.6 is 0 Å². The molecule has 1 aromatic carbocycles. The summed E-state index contributed by atoms with van der Waals surface area (Å²) in [5.74, 6) is -5.52. The number of hydrogen-bond acceptors (Lipinski definition) is 12. The molecule has 0 aliphatic carbocycles. The molecule has 210 valence electrons. The maximum atomic E-state index is 12.2. The molecule has 0 amide bonds. The fourth-order valence-electron chi connectivity index (χ4n) is 2.63. The zero-order valence-corrected chi connectivity index (χ0v) is 22.3. The van der Waals surface area contributed by atoms with Crippen molar-refractivity contribution in [3.63, 3.8) is 0 Å². The summed E-state index contributed by atoms with van der Waals surface area (Å²) in [6.07, 6.45) is -6.16. The van der Waals surface area contributed by atoms with Crippen molar-refractivity contribution < 1.29 is 57.2 Å². The lowest BCUT2D eigenvalue weighted by Crippen LogP contribution is -2.38. The van der Waals surface area contributed by atoms with Gasteiger partial charge in [0, 0.05) is 6.42 Å². The molecule has 12 heteroatoms. The van der Waals surface area contributed by atoms with Crippen molar-refractivity contribution in [1.29, 1.82) is 0 Å². The first-order valence-corrected chi connectivity index (χ1v) is 12.1. The van der Waals surface area contributed by atoms with E-state index in [1.807, 2.05) is 6.07 Å². The van der Waals surface area contributed by atoms with E-state index >= 15 is 0 Å². The van der Waals surface area contributed by atoms with Crippen molar-refractivity contribution in [2.45, 2.75) is 91.5 Å². The van der Waals surface area contributed by atoms with E-state index in [-0.39, 0.29) is 13.0 Å². The van der Waals surface area contributed by atoms with Gasteiger partial charge in [-0.05, 0) is 46.6 Å². The number of rotatable bonds is 14. The first kappa shape index (κ1) is 32.1. The van der Waals surface area contributed by atoms with E-state index in [1.54, 1.807) is 31.2 Å². The summed E-state index contributed by atoms with van der Waals surface area (Å²) >= 11 is 0. The van der Waals surface area contributed by atoms with Gasteiger partial charge in [-0.25, -0.2) is 24.0 Å². The number of ether oxygens (including phenoxy) is 6. The summed E-state index contributed by atoms with van der Waals surface area (Å²) < 4.78 is 29.7. The fourth-order valence-corrected chi connectivity index (χ4v) is 2.63. The predicted molar refractivity (Wildman–Crippen MR) is 129 cm³/mol. The number of hydrogen-bond donors (Lipinski definition) is 0. The number of esters is 6. The Hall–Kier alpha value is -3.96. The predicted octanol–water partition coefficient (Wildman–Crippen LogP) is 2.19. The van der Waals surface area contributed by atoms with Gasteiger partial charge in [0.15, 0.2) is 30.5 Å². The molecular weight excluding hydrogens is 504 g/mol. The second-order valence-corrected chi connectivity index (χ2v) is 8.29. The zero-order valence-electron chi connectivity index (χ0n) is 22.3. The molecule has 12 nitrogen and oxygen atoms in total.